The zero-order valence-corrected chi connectivity index (χ0v) is 9.49. The molecular weight excluding hydrogens is 239 g/mol. The van der Waals surface area contributed by atoms with Gasteiger partial charge in [0.25, 0.3) is 0 Å². The van der Waals surface area contributed by atoms with Crippen LogP contribution in [0.3, 0.4) is 0 Å². The lowest BCUT2D eigenvalue weighted by Crippen LogP contribution is -2.11. The van der Waals surface area contributed by atoms with Crippen LogP contribution < -0.4 is 5.63 Å². The average molecular weight is 248 g/mol. The highest BCUT2D eigenvalue weighted by atomic mass is 19.1. The Kier molecular flexibility index (Phi) is 2.74. The van der Waals surface area contributed by atoms with Crippen LogP contribution in [0.25, 0.3) is 17.0 Å². The summed E-state index contributed by atoms with van der Waals surface area (Å²) in [5, 5.41) is 9.70. The lowest BCUT2D eigenvalue weighted by Gasteiger charge is -2.05. The van der Waals surface area contributed by atoms with E-state index in [1.54, 1.807) is 0 Å². The fourth-order valence-corrected chi connectivity index (χ4v) is 1.68. The van der Waals surface area contributed by atoms with E-state index in [0.29, 0.717) is 0 Å². The molecule has 1 heterocycles. The lowest BCUT2D eigenvalue weighted by molar-refractivity contribution is 0.101. The van der Waals surface area contributed by atoms with Crippen LogP contribution in [0.2, 0.25) is 0 Å². The maximum atomic E-state index is 13.4. The highest BCUT2D eigenvalue weighted by molar-refractivity contribution is 5.98. The number of hydrogen-bond acceptors (Lipinski definition) is 4. The third-order valence-corrected chi connectivity index (χ3v) is 2.57. The van der Waals surface area contributed by atoms with E-state index in [9.17, 15) is 19.1 Å². The molecule has 0 aliphatic carbocycles. The van der Waals surface area contributed by atoms with Gasteiger partial charge in [-0.1, -0.05) is 12.7 Å². The molecule has 0 aliphatic rings. The number of phenols is 1. The number of Topliss-reactive ketones (excluding diaryl/α,β-unsaturated/α-hetero) is 1. The van der Waals surface area contributed by atoms with E-state index in [2.05, 4.69) is 6.58 Å². The minimum Gasteiger partial charge on any atom is -0.504 e. The van der Waals surface area contributed by atoms with Crippen LogP contribution in [-0.2, 0) is 0 Å². The van der Waals surface area contributed by atoms with Gasteiger partial charge in [-0.25, -0.2) is 9.18 Å². The number of carbonyl (C=O) groups excluding carboxylic acids is 1. The molecule has 2 rings (SSSR count). The molecule has 0 saturated heterocycles. The number of hydrogen-bond donors (Lipinski definition) is 1. The second-order valence-electron chi connectivity index (χ2n) is 3.75. The van der Waals surface area contributed by atoms with Crippen molar-refractivity contribution in [1.82, 2.24) is 0 Å². The van der Waals surface area contributed by atoms with E-state index in [0.717, 1.165) is 6.07 Å². The number of aromatic hydroxyl groups is 1. The van der Waals surface area contributed by atoms with Gasteiger partial charge >= 0.3 is 5.63 Å². The number of fused-ring (bicyclic) bond motifs is 1. The van der Waals surface area contributed by atoms with Gasteiger partial charge in [0, 0.05) is 5.39 Å². The zero-order chi connectivity index (χ0) is 13.4. The fraction of sp³-hybridized carbons (Fsp3) is 0.0769. The number of rotatable bonds is 2. The number of carbonyl (C=O) groups is 1. The lowest BCUT2D eigenvalue weighted by atomic mass is 10.1. The third kappa shape index (κ3) is 1.69. The summed E-state index contributed by atoms with van der Waals surface area (Å²) in [5.74, 6) is -1.99. The largest absolute Gasteiger partial charge is 0.504 e. The van der Waals surface area contributed by atoms with Crippen molar-refractivity contribution in [3.63, 3.8) is 0 Å². The van der Waals surface area contributed by atoms with Gasteiger partial charge in [0.1, 0.15) is 11.1 Å². The average Bonchev–Trinajstić information content (AvgIpc) is 2.31. The summed E-state index contributed by atoms with van der Waals surface area (Å²) in [6.45, 7) is 4.63. The van der Waals surface area contributed by atoms with Gasteiger partial charge in [-0.05, 0) is 19.1 Å². The third-order valence-electron chi connectivity index (χ3n) is 2.57. The maximum absolute atomic E-state index is 13.4. The van der Waals surface area contributed by atoms with Gasteiger partial charge in [-0.3, -0.25) is 4.79 Å². The van der Waals surface area contributed by atoms with Gasteiger partial charge in [0.05, 0.1) is 5.56 Å². The van der Waals surface area contributed by atoms with Gasteiger partial charge in [0.15, 0.2) is 17.3 Å². The molecular formula is C13H9FO4. The number of benzene rings is 1. The molecule has 0 saturated carbocycles. The van der Waals surface area contributed by atoms with Crippen molar-refractivity contribution in [3.05, 3.63) is 46.1 Å². The molecule has 0 radical (unpaired) electrons. The Morgan fingerprint density at radius 2 is 2.17 bits per heavy atom. The molecule has 1 N–H and O–H groups in total. The van der Waals surface area contributed by atoms with Crippen LogP contribution in [0.15, 0.2) is 27.9 Å². The van der Waals surface area contributed by atoms with E-state index in [-0.39, 0.29) is 22.1 Å². The van der Waals surface area contributed by atoms with Crippen molar-refractivity contribution in [2.24, 2.45) is 0 Å². The van der Waals surface area contributed by atoms with Crippen LogP contribution in [-0.4, -0.2) is 10.9 Å². The summed E-state index contributed by atoms with van der Waals surface area (Å²) in [6, 6.07) is 2.23. The molecule has 5 heteroatoms. The van der Waals surface area contributed by atoms with Gasteiger partial charge in [-0.15, -0.1) is 0 Å². The predicted molar refractivity (Wildman–Crippen MR) is 64.2 cm³/mol. The first kappa shape index (κ1) is 12.0. The summed E-state index contributed by atoms with van der Waals surface area (Å²) >= 11 is 0. The van der Waals surface area contributed by atoms with Crippen LogP contribution in [0.4, 0.5) is 4.39 Å². The van der Waals surface area contributed by atoms with Crippen LogP contribution in [0.1, 0.15) is 22.8 Å². The molecule has 0 aliphatic heterocycles. The normalized spacial score (nSPS) is 10.6. The van der Waals surface area contributed by atoms with Crippen molar-refractivity contribution < 1.29 is 18.7 Å². The predicted octanol–water partition coefficient (Wildman–Crippen LogP) is 2.48. The SMILES string of the molecule is C=Cc1c(O)c(F)cc2cc(C(C)=O)c(=O)oc12. The van der Waals surface area contributed by atoms with E-state index >= 15 is 0 Å². The van der Waals surface area contributed by atoms with Crippen molar-refractivity contribution in [3.8, 4) is 5.75 Å². The van der Waals surface area contributed by atoms with Gasteiger partial charge in [0.2, 0.25) is 0 Å². The Balaban J connectivity index is 2.98. The molecule has 0 bridgehead atoms. The Bertz CT molecular complexity index is 728. The summed E-state index contributed by atoms with van der Waals surface area (Å²) < 4.78 is 18.4. The van der Waals surface area contributed by atoms with Crippen molar-refractivity contribution >= 4 is 22.8 Å². The van der Waals surface area contributed by atoms with Crippen molar-refractivity contribution in [2.75, 3.05) is 0 Å². The van der Waals surface area contributed by atoms with E-state index in [4.69, 9.17) is 4.42 Å². The van der Waals surface area contributed by atoms with Crippen LogP contribution in [0, 0.1) is 5.82 Å². The first-order valence-electron chi connectivity index (χ1n) is 5.08. The smallest absolute Gasteiger partial charge is 0.347 e. The molecule has 0 unspecified atom stereocenters. The molecule has 0 atom stereocenters. The molecule has 0 amide bonds. The Morgan fingerprint density at radius 3 is 2.72 bits per heavy atom. The quantitative estimate of drug-likeness (QED) is 0.654. The Hall–Kier alpha value is -2.43. The number of phenolic OH excluding ortho intramolecular Hbond substituents is 1. The van der Waals surface area contributed by atoms with E-state index < -0.39 is 23.0 Å². The Morgan fingerprint density at radius 1 is 1.50 bits per heavy atom. The minimum atomic E-state index is -0.874. The molecule has 0 fully saturated rings. The summed E-state index contributed by atoms with van der Waals surface area (Å²) in [7, 11) is 0. The molecule has 4 nitrogen and oxygen atoms in total. The van der Waals surface area contributed by atoms with Gasteiger partial charge in [-0.2, -0.15) is 0 Å². The van der Waals surface area contributed by atoms with Crippen LogP contribution >= 0.6 is 0 Å². The van der Waals surface area contributed by atoms with Gasteiger partial charge < -0.3 is 9.52 Å². The Labute approximate surface area is 101 Å². The number of halogens is 1. The summed E-state index contributed by atoms with van der Waals surface area (Å²) in [6.07, 6.45) is 1.18. The second kappa shape index (κ2) is 4.10. The number of ketones is 1. The maximum Gasteiger partial charge on any atom is 0.347 e. The summed E-state index contributed by atoms with van der Waals surface area (Å²) in [4.78, 5) is 22.7. The standard InChI is InChI=1S/C13H9FO4/c1-3-8-11(16)10(14)5-7-4-9(6(2)15)13(17)18-12(7)8/h3-5,16H,1H2,2H3. The van der Waals surface area contributed by atoms with Crippen LogP contribution in [0.5, 0.6) is 5.75 Å². The molecule has 1 aromatic heterocycles. The van der Waals surface area contributed by atoms with Crippen molar-refractivity contribution in [2.45, 2.75) is 6.92 Å². The highest BCUT2D eigenvalue weighted by Crippen LogP contribution is 2.30. The second-order valence-corrected chi connectivity index (χ2v) is 3.75. The topological polar surface area (TPSA) is 67.5 Å². The monoisotopic (exact) mass is 248 g/mol. The highest BCUT2D eigenvalue weighted by Gasteiger charge is 2.16. The summed E-state index contributed by atoms with van der Waals surface area (Å²) in [5.41, 5.74) is -1.01. The first-order chi connectivity index (χ1) is 8.45. The minimum absolute atomic E-state index is 0.00102. The molecule has 0 spiro atoms. The van der Waals surface area contributed by atoms with E-state index in [1.165, 1.54) is 19.1 Å². The zero-order valence-electron chi connectivity index (χ0n) is 9.49. The molecule has 18 heavy (non-hydrogen) atoms. The first-order valence-corrected chi connectivity index (χ1v) is 5.08. The molecule has 1 aromatic carbocycles. The molecule has 92 valence electrons. The van der Waals surface area contributed by atoms with E-state index in [1.807, 2.05) is 0 Å². The fourth-order valence-electron chi connectivity index (χ4n) is 1.68. The molecule has 2 aromatic rings. The van der Waals surface area contributed by atoms with Crippen molar-refractivity contribution in [1.29, 1.82) is 0 Å².